The highest BCUT2D eigenvalue weighted by Gasteiger charge is 2.38. The number of amides is 2. The Balaban J connectivity index is 1.29. The molecule has 0 radical (unpaired) electrons. The molecule has 2 aromatic rings. The van der Waals surface area contributed by atoms with E-state index in [1.165, 1.54) is 9.87 Å². The number of hydrogen-bond acceptors (Lipinski definition) is 5. The first-order valence-corrected chi connectivity index (χ1v) is 13.3. The highest BCUT2D eigenvalue weighted by Crippen LogP contribution is 2.36. The fourth-order valence-electron chi connectivity index (χ4n) is 5.17. The van der Waals surface area contributed by atoms with E-state index < -0.39 is 22.0 Å². The monoisotopic (exact) mass is 483 g/mol. The quantitative estimate of drug-likeness (QED) is 0.717. The van der Waals surface area contributed by atoms with Gasteiger partial charge in [0.1, 0.15) is 5.75 Å². The van der Waals surface area contributed by atoms with Gasteiger partial charge in [0, 0.05) is 19.0 Å². The third-order valence-electron chi connectivity index (χ3n) is 7.12. The van der Waals surface area contributed by atoms with E-state index in [2.05, 4.69) is 0 Å². The Kier molecular flexibility index (Phi) is 6.07. The van der Waals surface area contributed by atoms with E-state index in [1.54, 1.807) is 35.2 Å². The minimum atomic E-state index is -3.61. The van der Waals surface area contributed by atoms with Crippen LogP contribution in [0, 0.1) is 5.92 Å². The normalized spacial score (nSPS) is 21.3. The Bertz CT molecular complexity index is 1220. The van der Waals surface area contributed by atoms with Gasteiger partial charge < -0.3 is 15.4 Å². The van der Waals surface area contributed by atoms with Crippen molar-refractivity contribution in [3.63, 3.8) is 0 Å². The molecule has 1 atom stereocenters. The van der Waals surface area contributed by atoms with Gasteiger partial charge in [-0.15, -0.1) is 0 Å². The molecule has 1 fully saturated rings. The number of para-hydroxylation sites is 2. The van der Waals surface area contributed by atoms with Crippen LogP contribution in [0.3, 0.4) is 0 Å². The number of primary amides is 1. The Morgan fingerprint density at radius 3 is 2.41 bits per heavy atom. The molecule has 1 aliphatic carbocycles. The molecule has 3 aliphatic rings. The van der Waals surface area contributed by atoms with Crippen LogP contribution in [0.1, 0.15) is 36.8 Å². The average Bonchev–Trinajstić information content (AvgIpc) is 2.87. The smallest absolute Gasteiger partial charge is 0.260 e. The molecule has 2 amide bonds. The molecular formula is C25H29N3O5S. The predicted molar refractivity (Wildman–Crippen MR) is 127 cm³/mol. The van der Waals surface area contributed by atoms with Crippen LogP contribution in [0.25, 0.3) is 0 Å². The lowest BCUT2D eigenvalue weighted by atomic mass is 9.92. The van der Waals surface area contributed by atoms with Crippen molar-refractivity contribution in [2.45, 2.75) is 49.5 Å². The average molecular weight is 484 g/mol. The molecule has 5 rings (SSSR count). The van der Waals surface area contributed by atoms with Gasteiger partial charge in [0.25, 0.3) is 5.91 Å². The molecule has 0 unspecified atom stereocenters. The molecule has 2 aliphatic heterocycles. The summed E-state index contributed by atoms with van der Waals surface area (Å²) >= 11 is 0. The molecule has 8 nitrogen and oxygen atoms in total. The summed E-state index contributed by atoms with van der Waals surface area (Å²) in [6.07, 6.45) is 4.09. The van der Waals surface area contributed by atoms with Gasteiger partial charge in [-0.3, -0.25) is 9.59 Å². The van der Waals surface area contributed by atoms with Crippen LogP contribution in [-0.4, -0.2) is 50.3 Å². The number of nitrogens with zero attached hydrogens (tertiary/aromatic N) is 2. The molecule has 34 heavy (non-hydrogen) atoms. The Morgan fingerprint density at radius 2 is 1.68 bits per heavy atom. The number of carbonyl (C=O) groups excluding carboxylic acids is 2. The number of hydrogen-bond donors (Lipinski definition) is 1. The van der Waals surface area contributed by atoms with Crippen LogP contribution in [0.15, 0.2) is 47.4 Å². The van der Waals surface area contributed by atoms with Crippen LogP contribution in [0.4, 0.5) is 5.69 Å². The lowest BCUT2D eigenvalue weighted by Gasteiger charge is -2.37. The second-order valence-corrected chi connectivity index (χ2v) is 11.2. The zero-order chi connectivity index (χ0) is 23.9. The number of fused-ring (bicyclic) bond motifs is 2. The standard InChI is InChI=1S/C25H29N3O5S/c26-24(29)23-16-28(21-7-3-4-8-22(21)33-23)25(30)18-11-13-27(14-12-18)34(31,32)20-10-9-17-5-1-2-6-19(17)15-20/h3-4,7-10,15,18,23H,1-2,5-6,11-14,16H2,(H2,26,29)/t23-/m1/s1. The molecule has 0 spiro atoms. The van der Waals surface area contributed by atoms with Crippen LogP contribution in [0.5, 0.6) is 5.75 Å². The maximum atomic E-state index is 13.4. The van der Waals surface area contributed by atoms with E-state index in [-0.39, 0.29) is 31.5 Å². The number of rotatable bonds is 4. The molecular weight excluding hydrogens is 454 g/mol. The largest absolute Gasteiger partial charge is 0.477 e. The van der Waals surface area contributed by atoms with Crippen molar-refractivity contribution in [2.24, 2.45) is 11.7 Å². The summed E-state index contributed by atoms with van der Waals surface area (Å²) in [6.45, 7) is 0.612. The van der Waals surface area contributed by atoms with Crippen molar-refractivity contribution < 1.29 is 22.7 Å². The molecule has 180 valence electrons. The minimum Gasteiger partial charge on any atom is -0.477 e. The summed E-state index contributed by atoms with van der Waals surface area (Å²) < 4.78 is 33.7. The van der Waals surface area contributed by atoms with Gasteiger partial charge in [-0.1, -0.05) is 18.2 Å². The van der Waals surface area contributed by atoms with Gasteiger partial charge in [0.15, 0.2) is 6.10 Å². The molecule has 0 aromatic heterocycles. The maximum absolute atomic E-state index is 13.4. The van der Waals surface area contributed by atoms with E-state index in [4.69, 9.17) is 10.5 Å². The number of piperidine rings is 1. The van der Waals surface area contributed by atoms with Crippen molar-refractivity contribution in [1.82, 2.24) is 4.31 Å². The summed E-state index contributed by atoms with van der Waals surface area (Å²) in [7, 11) is -3.61. The second-order valence-electron chi connectivity index (χ2n) is 9.24. The zero-order valence-corrected chi connectivity index (χ0v) is 19.8. The summed E-state index contributed by atoms with van der Waals surface area (Å²) in [5.41, 5.74) is 8.44. The fraction of sp³-hybridized carbons (Fsp3) is 0.440. The Hall–Kier alpha value is -2.91. The molecule has 1 saturated heterocycles. The summed E-state index contributed by atoms with van der Waals surface area (Å²) in [5.74, 6) is -0.654. The van der Waals surface area contributed by atoms with Crippen molar-refractivity contribution in [1.29, 1.82) is 0 Å². The van der Waals surface area contributed by atoms with Crippen molar-refractivity contribution in [3.8, 4) is 5.75 Å². The van der Waals surface area contributed by atoms with E-state index in [9.17, 15) is 18.0 Å². The number of benzene rings is 2. The number of ether oxygens (including phenoxy) is 1. The van der Waals surface area contributed by atoms with Gasteiger partial charge >= 0.3 is 0 Å². The first-order valence-electron chi connectivity index (χ1n) is 11.8. The van der Waals surface area contributed by atoms with Gasteiger partial charge in [0.05, 0.1) is 17.1 Å². The number of nitrogens with two attached hydrogens (primary N) is 1. The molecule has 2 N–H and O–H groups in total. The van der Waals surface area contributed by atoms with Gasteiger partial charge in [-0.05, 0) is 73.9 Å². The topological polar surface area (TPSA) is 110 Å². The number of carbonyl (C=O) groups is 2. The summed E-state index contributed by atoms with van der Waals surface area (Å²) in [6, 6.07) is 12.6. The second kappa shape index (κ2) is 9.03. The molecule has 0 bridgehead atoms. The van der Waals surface area contributed by atoms with E-state index in [0.29, 0.717) is 29.2 Å². The zero-order valence-electron chi connectivity index (χ0n) is 19.0. The van der Waals surface area contributed by atoms with E-state index in [1.807, 2.05) is 12.1 Å². The predicted octanol–water partition coefficient (Wildman–Crippen LogP) is 2.25. The molecule has 2 heterocycles. The van der Waals surface area contributed by atoms with Gasteiger partial charge in [0.2, 0.25) is 15.9 Å². The third kappa shape index (κ3) is 4.18. The molecule has 2 aromatic carbocycles. The maximum Gasteiger partial charge on any atom is 0.260 e. The lowest BCUT2D eigenvalue weighted by Crippen LogP contribution is -2.52. The SMILES string of the molecule is NC(=O)[C@H]1CN(C(=O)C2CCN(S(=O)(=O)c3ccc4c(c3)CCCC4)CC2)c2ccccc2O1. The van der Waals surface area contributed by atoms with E-state index >= 15 is 0 Å². The molecule has 0 saturated carbocycles. The van der Waals surface area contributed by atoms with Crippen LogP contribution >= 0.6 is 0 Å². The van der Waals surface area contributed by atoms with Crippen molar-refractivity contribution in [3.05, 3.63) is 53.6 Å². The summed E-state index contributed by atoms with van der Waals surface area (Å²) in [4.78, 5) is 27.1. The highest BCUT2D eigenvalue weighted by atomic mass is 32.2. The fourth-order valence-corrected chi connectivity index (χ4v) is 6.69. The van der Waals surface area contributed by atoms with Crippen molar-refractivity contribution >= 4 is 27.5 Å². The van der Waals surface area contributed by atoms with Crippen molar-refractivity contribution in [2.75, 3.05) is 24.5 Å². The first-order chi connectivity index (χ1) is 16.3. The number of sulfonamides is 1. The third-order valence-corrected chi connectivity index (χ3v) is 9.01. The summed E-state index contributed by atoms with van der Waals surface area (Å²) in [5, 5.41) is 0. The van der Waals surface area contributed by atoms with Crippen LogP contribution in [-0.2, 0) is 32.5 Å². The highest BCUT2D eigenvalue weighted by molar-refractivity contribution is 7.89. The number of aryl methyl sites for hydroxylation is 2. The van der Waals surface area contributed by atoms with Crippen LogP contribution in [0.2, 0.25) is 0 Å². The Morgan fingerprint density at radius 1 is 0.971 bits per heavy atom. The van der Waals surface area contributed by atoms with E-state index in [0.717, 1.165) is 31.2 Å². The first kappa shape index (κ1) is 22.9. The lowest BCUT2D eigenvalue weighted by molar-refractivity contribution is -0.126. The number of anilines is 1. The molecule has 9 heteroatoms. The van der Waals surface area contributed by atoms with Crippen LogP contribution < -0.4 is 15.4 Å². The van der Waals surface area contributed by atoms with Gasteiger partial charge in [-0.2, -0.15) is 4.31 Å². The minimum absolute atomic E-state index is 0.0544. The Labute approximate surface area is 199 Å². The van der Waals surface area contributed by atoms with Gasteiger partial charge in [-0.25, -0.2) is 8.42 Å².